The smallest absolute Gasteiger partial charge is 0.0540 e. The molecular weight excluding hydrogens is 703 g/mol. The first-order valence-corrected chi connectivity index (χ1v) is 20.3. The van der Waals surface area contributed by atoms with Gasteiger partial charge < -0.3 is 4.90 Å². The summed E-state index contributed by atoms with van der Waals surface area (Å²) in [6.45, 7) is 0. The minimum Gasteiger partial charge on any atom is -0.310 e. The molecule has 1 nitrogen and oxygen atoms in total. The van der Waals surface area contributed by atoms with Gasteiger partial charge in [-0.3, -0.25) is 0 Å². The summed E-state index contributed by atoms with van der Waals surface area (Å²) in [5.41, 5.74) is 10.7. The Morgan fingerprint density at radius 2 is 0.891 bits per heavy atom. The first-order valence-electron chi connectivity index (χ1n) is 18.7. The third kappa shape index (κ3) is 5.43. The van der Waals surface area contributed by atoms with Crippen molar-refractivity contribution in [3.8, 4) is 33.4 Å². The molecule has 0 amide bonds. The van der Waals surface area contributed by atoms with Crippen LogP contribution >= 0.6 is 22.7 Å². The van der Waals surface area contributed by atoms with Crippen LogP contribution in [0.5, 0.6) is 0 Å². The predicted octanol–water partition coefficient (Wildman–Crippen LogP) is 16.0. The maximum atomic E-state index is 2.44. The Morgan fingerprint density at radius 1 is 0.309 bits per heavy atom. The van der Waals surface area contributed by atoms with E-state index in [2.05, 4.69) is 205 Å². The van der Waals surface area contributed by atoms with Crippen LogP contribution < -0.4 is 4.90 Å². The highest BCUT2D eigenvalue weighted by Gasteiger charge is 2.20. The van der Waals surface area contributed by atoms with Gasteiger partial charge in [0.15, 0.2) is 0 Å². The van der Waals surface area contributed by atoms with Crippen LogP contribution in [0, 0.1) is 0 Å². The maximum absolute atomic E-state index is 2.44. The predicted molar refractivity (Wildman–Crippen MR) is 241 cm³/mol. The molecule has 0 bridgehead atoms. The van der Waals surface area contributed by atoms with Crippen LogP contribution in [0.3, 0.4) is 0 Å². The molecule has 258 valence electrons. The molecule has 55 heavy (non-hydrogen) atoms. The fourth-order valence-corrected chi connectivity index (χ4v) is 10.6. The summed E-state index contributed by atoms with van der Waals surface area (Å²) < 4.78 is 5.27. The molecule has 2 heterocycles. The van der Waals surface area contributed by atoms with E-state index in [0.29, 0.717) is 0 Å². The normalized spacial score (nSPS) is 11.6. The van der Waals surface area contributed by atoms with E-state index in [4.69, 9.17) is 0 Å². The molecule has 0 unspecified atom stereocenters. The number of hydrogen-bond donors (Lipinski definition) is 0. The molecule has 0 saturated heterocycles. The molecule has 9 aromatic carbocycles. The van der Waals surface area contributed by atoms with Crippen molar-refractivity contribution >= 4 is 90.9 Å². The number of rotatable bonds is 6. The van der Waals surface area contributed by atoms with Gasteiger partial charge in [0, 0.05) is 62.8 Å². The number of hydrogen-bond acceptors (Lipinski definition) is 3. The highest BCUT2D eigenvalue weighted by molar-refractivity contribution is 7.26. The Morgan fingerprint density at radius 3 is 1.76 bits per heavy atom. The lowest BCUT2D eigenvalue weighted by molar-refractivity contribution is 1.28. The summed E-state index contributed by atoms with van der Waals surface area (Å²) in [4.78, 5) is 2.44. The average molecular weight is 736 g/mol. The summed E-state index contributed by atoms with van der Waals surface area (Å²) in [5, 5.41) is 7.76. The standard InChI is InChI=1S/C52H33NS2/c1-2-16-40-34(12-1)13-10-20-41(40)35-26-29-38(30-27-35)53(39-15-9-14-36(32-39)37-28-31-51-47(33-37)44-19-5-7-24-49(44)54-51)48-23-6-3-17-42(48)45-21-11-22-46-43-18-4-8-25-50(43)55-52(45)46/h1-33H. The molecule has 11 rings (SSSR count). The largest absolute Gasteiger partial charge is 0.310 e. The van der Waals surface area contributed by atoms with Gasteiger partial charge in [-0.15, -0.1) is 22.7 Å². The molecule has 3 heteroatoms. The van der Waals surface area contributed by atoms with Gasteiger partial charge in [-0.2, -0.15) is 0 Å². The molecular formula is C52H33NS2. The highest BCUT2D eigenvalue weighted by atomic mass is 32.1. The first-order chi connectivity index (χ1) is 27.3. The van der Waals surface area contributed by atoms with Crippen LogP contribution in [0.2, 0.25) is 0 Å². The zero-order chi connectivity index (χ0) is 36.3. The van der Waals surface area contributed by atoms with Crippen LogP contribution in [0.25, 0.3) is 84.5 Å². The molecule has 0 atom stereocenters. The van der Waals surface area contributed by atoms with E-state index < -0.39 is 0 Å². The van der Waals surface area contributed by atoms with Gasteiger partial charge in [0.1, 0.15) is 0 Å². The third-order valence-electron chi connectivity index (χ3n) is 10.9. The van der Waals surface area contributed by atoms with Crippen LogP contribution in [-0.2, 0) is 0 Å². The van der Waals surface area contributed by atoms with Crippen molar-refractivity contribution in [2.24, 2.45) is 0 Å². The SMILES string of the molecule is c1cc(-c2ccc3sc4ccccc4c3c2)cc(N(c2ccc(-c3cccc4ccccc34)cc2)c2ccccc2-c2cccc3c2sc2ccccc23)c1. The highest BCUT2D eigenvalue weighted by Crippen LogP contribution is 2.47. The number of nitrogens with zero attached hydrogens (tertiary/aromatic N) is 1. The summed E-state index contributed by atoms with van der Waals surface area (Å²) >= 11 is 3.74. The van der Waals surface area contributed by atoms with Gasteiger partial charge in [0.25, 0.3) is 0 Å². The number of benzene rings is 9. The minimum atomic E-state index is 1.11. The van der Waals surface area contributed by atoms with Gasteiger partial charge in [0.2, 0.25) is 0 Å². The fourth-order valence-electron chi connectivity index (χ4n) is 8.28. The van der Waals surface area contributed by atoms with E-state index in [1.807, 2.05) is 22.7 Å². The number of fused-ring (bicyclic) bond motifs is 7. The van der Waals surface area contributed by atoms with Crippen LogP contribution in [0.1, 0.15) is 0 Å². The second-order valence-electron chi connectivity index (χ2n) is 14.1. The zero-order valence-electron chi connectivity index (χ0n) is 29.8. The van der Waals surface area contributed by atoms with E-state index in [9.17, 15) is 0 Å². The van der Waals surface area contributed by atoms with Gasteiger partial charge >= 0.3 is 0 Å². The molecule has 11 aromatic rings. The van der Waals surface area contributed by atoms with Gasteiger partial charge in [-0.05, 0) is 87.6 Å². The van der Waals surface area contributed by atoms with E-state index >= 15 is 0 Å². The lowest BCUT2D eigenvalue weighted by Crippen LogP contribution is -2.11. The summed E-state index contributed by atoms with van der Waals surface area (Å²) in [6, 6.07) is 73.5. The van der Waals surface area contributed by atoms with E-state index in [1.165, 1.54) is 84.5 Å². The minimum absolute atomic E-state index is 1.11. The Hall–Kier alpha value is -6.52. The second-order valence-corrected chi connectivity index (χ2v) is 16.2. The van der Waals surface area contributed by atoms with Gasteiger partial charge in [-0.25, -0.2) is 0 Å². The first kappa shape index (κ1) is 32.0. The number of anilines is 3. The second kappa shape index (κ2) is 13.1. The molecule has 0 saturated carbocycles. The van der Waals surface area contributed by atoms with Crippen molar-refractivity contribution in [1.29, 1.82) is 0 Å². The van der Waals surface area contributed by atoms with Crippen molar-refractivity contribution in [2.45, 2.75) is 0 Å². The van der Waals surface area contributed by atoms with Crippen molar-refractivity contribution in [2.75, 3.05) is 4.90 Å². The Kier molecular flexibility index (Phi) is 7.61. The fraction of sp³-hybridized carbons (Fsp3) is 0. The summed E-state index contributed by atoms with van der Waals surface area (Å²) in [7, 11) is 0. The summed E-state index contributed by atoms with van der Waals surface area (Å²) in [6.07, 6.45) is 0. The van der Waals surface area contributed by atoms with Crippen LogP contribution in [-0.4, -0.2) is 0 Å². The Balaban J connectivity index is 1.10. The van der Waals surface area contributed by atoms with Crippen molar-refractivity contribution in [3.63, 3.8) is 0 Å². The quantitative estimate of drug-likeness (QED) is 0.164. The molecule has 0 aliphatic carbocycles. The van der Waals surface area contributed by atoms with Gasteiger partial charge in [-0.1, -0.05) is 146 Å². The van der Waals surface area contributed by atoms with E-state index in [-0.39, 0.29) is 0 Å². The van der Waals surface area contributed by atoms with E-state index in [0.717, 1.165) is 17.1 Å². The van der Waals surface area contributed by atoms with Crippen molar-refractivity contribution < 1.29 is 0 Å². The molecule has 0 fully saturated rings. The molecule has 0 aliphatic rings. The Bertz CT molecular complexity index is 3220. The molecule has 2 aromatic heterocycles. The zero-order valence-corrected chi connectivity index (χ0v) is 31.4. The molecule has 0 radical (unpaired) electrons. The monoisotopic (exact) mass is 735 g/mol. The lowest BCUT2D eigenvalue weighted by Gasteiger charge is -2.28. The van der Waals surface area contributed by atoms with Crippen molar-refractivity contribution in [3.05, 3.63) is 200 Å². The molecule has 0 spiro atoms. The maximum Gasteiger partial charge on any atom is 0.0540 e. The third-order valence-corrected chi connectivity index (χ3v) is 13.3. The van der Waals surface area contributed by atoms with Crippen LogP contribution in [0.15, 0.2) is 200 Å². The van der Waals surface area contributed by atoms with Gasteiger partial charge in [0.05, 0.1) is 5.69 Å². The van der Waals surface area contributed by atoms with Crippen molar-refractivity contribution in [1.82, 2.24) is 0 Å². The summed E-state index contributed by atoms with van der Waals surface area (Å²) in [5.74, 6) is 0. The molecule has 0 aliphatic heterocycles. The van der Waals surface area contributed by atoms with E-state index in [1.54, 1.807) is 0 Å². The lowest BCUT2D eigenvalue weighted by atomic mass is 9.97. The molecule has 0 N–H and O–H groups in total. The average Bonchev–Trinajstić information content (AvgIpc) is 3.83. The number of para-hydroxylation sites is 1. The number of thiophene rings is 2. The topological polar surface area (TPSA) is 3.24 Å². The Labute approximate surface area is 327 Å². The van der Waals surface area contributed by atoms with Crippen LogP contribution in [0.4, 0.5) is 17.1 Å².